The Balaban J connectivity index is 2.63. The summed E-state index contributed by atoms with van der Waals surface area (Å²) in [6.07, 6.45) is 2.15. The van der Waals surface area contributed by atoms with Crippen LogP contribution in [0, 0.1) is 0 Å². The molecule has 2 rings (SSSR count). The SMILES string of the molecule is CC1CCCn2c1nc(N)cc2=O. The lowest BCUT2D eigenvalue weighted by Gasteiger charge is -2.22. The molecule has 1 atom stereocenters. The van der Waals surface area contributed by atoms with Crippen molar-refractivity contribution in [1.82, 2.24) is 9.55 Å². The van der Waals surface area contributed by atoms with Crippen molar-refractivity contribution in [3.05, 3.63) is 22.2 Å². The normalized spacial score (nSPS) is 21.2. The number of hydrogen-bond donors (Lipinski definition) is 1. The first-order chi connectivity index (χ1) is 6.18. The van der Waals surface area contributed by atoms with E-state index in [0.29, 0.717) is 11.7 Å². The van der Waals surface area contributed by atoms with Crippen molar-refractivity contribution in [2.75, 3.05) is 5.73 Å². The van der Waals surface area contributed by atoms with E-state index in [1.54, 1.807) is 4.57 Å². The fraction of sp³-hybridized carbons (Fsp3) is 0.556. The number of hydrogen-bond acceptors (Lipinski definition) is 3. The average Bonchev–Trinajstić information content (AvgIpc) is 2.07. The monoisotopic (exact) mass is 179 g/mol. The molecule has 0 saturated heterocycles. The van der Waals surface area contributed by atoms with Crippen molar-refractivity contribution in [3.8, 4) is 0 Å². The highest BCUT2D eigenvalue weighted by Gasteiger charge is 2.18. The van der Waals surface area contributed by atoms with Gasteiger partial charge in [0.25, 0.3) is 5.56 Å². The van der Waals surface area contributed by atoms with Gasteiger partial charge in [-0.05, 0) is 12.8 Å². The van der Waals surface area contributed by atoms with Crippen molar-refractivity contribution in [3.63, 3.8) is 0 Å². The Morgan fingerprint density at radius 1 is 1.69 bits per heavy atom. The van der Waals surface area contributed by atoms with Crippen molar-refractivity contribution in [1.29, 1.82) is 0 Å². The van der Waals surface area contributed by atoms with E-state index in [1.165, 1.54) is 6.07 Å². The third kappa shape index (κ3) is 1.32. The minimum absolute atomic E-state index is 0.0194. The molecule has 0 fully saturated rings. The van der Waals surface area contributed by atoms with Crippen molar-refractivity contribution in [2.45, 2.75) is 32.2 Å². The van der Waals surface area contributed by atoms with Gasteiger partial charge in [0.15, 0.2) is 0 Å². The summed E-state index contributed by atoms with van der Waals surface area (Å²) < 4.78 is 1.73. The van der Waals surface area contributed by atoms with E-state index in [1.807, 2.05) is 0 Å². The van der Waals surface area contributed by atoms with E-state index in [2.05, 4.69) is 11.9 Å². The van der Waals surface area contributed by atoms with Crippen molar-refractivity contribution >= 4 is 5.82 Å². The van der Waals surface area contributed by atoms with Crippen LogP contribution in [-0.4, -0.2) is 9.55 Å². The lowest BCUT2D eigenvalue weighted by molar-refractivity contribution is 0.443. The van der Waals surface area contributed by atoms with Crippen LogP contribution in [0.2, 0.25) is 0 Å². The molecule has 2 heterocycles. The van der Waals surface area contributed by atoms with E-state index in [4.69, 9.17) is 5.73 Å². The molecule has 0 aromatic carbocycles. The number of fused-ring (bicyclic) bond motifs is 1. The minimum atomic E-state index is -0.0194. The van der Waals surface area contributed by atoms with Gasteiger partial charge in [0.1, 0.15) is 11.6 Å². The molecule has 0 amide bonds. The van der Waals surface area contributed by atoms with Gasteiger partial charge < -0.3 is 5.73 Å². The molecular formula is C9H13N3O. The number of nitrogen functional groups attached to an aromatic ring is 1. The van der Waals surface area contributed by atoms with Gasteiger partial charge in [-0.25, -0.2) is 4.98 Å². The van der Waals surface area contributed by atoms with Crippen LogP contribution in [0.5, 0.6) is 0 Å². The van der Waals surface area contributed by atoms with Crippen LogP contribution in [0.25, 0.3) is 0 Å². The van der Waals surface area contributed by atoms with E-state index in [9.17, 15) is 4.79 Å². The van der Waals surface area contributed by atoms with Gasteiger partial charge in [0.2, 0.25) is 0 Å². The molecule has 4 heteroatoms. The summed E-state index contributed by atoms with van der Waals surface area (Å²) in [4.78, 5) is 15.7. The largest absolute Gasteiger partial charge is 0.383 e. The van der Waals surface area contributed by atoms with Gasteiger partial charge in [-0.15, -0.1) is 0 Å². The average molecular weight is 179 g/mol. The fourth-order valence-electron chi connectivity index (χ4n) is 1.83. The highest BCUT2D eigenvalue weighted by atomic mass is 16.1. The zero-order valence-corrected chi connectivity index (χ0v) is 7.66. The van der Waals surface area contributed by atoms with Crippen LogP contribution < -0.4 is 11.3 Å². The maximum Gasteiger partial charge on any atom is 0.255 e. The van der Waals surface area contributed by atoms with Gasteiger partial charge in [0.05, 0.1) is 0 Å². The van der Waals surface area contributed by atoms with E-state index >= 15 is 0 Å². The molecule has 1 unspecified atom stereocenters. The number of nitrogens with two attached hydrogens (primary N) is 1. The molecule has 0 bridgehead atoms. The quantitative estimate of drug-likeness (QED) is 0.638. The zero-order valence-electron chi connectivity index (χ0n) is 7.66. The Hall–Kier alpha value is -1.32. The standard InChI is InChI=1S/C9H13N3O/c1-6-3-2-4-12-8(13)5-7(10)11-9(6)12/h5-6H,2-4,10H2,1H3. The predicted molar refractivity (Wildman–Crippen MR) is 50.6 cm³/mol. The second-order valence-corrected chi connectivity index (χ2v) is 3.57. The summed E-state index contributed by atoms with van der Waals surface area (Å²) in [7, 11) is 0. The van der Waals surface area contributed by atoms with E-state index in [-0.39, 0.29) is 5.56 Å². The Labute approximate surface area is 76.4 Å². The lowest BCUT2D eigenvalue weighted by Crippen LogP contribution is -2.29. The van der Waals surface area contributed by atoms with Crippen LogP contribution in [0.1, 0.15) is 31.5 Å². The molecule has 70 valence electrons. The fourth-order valence-corrected chi connectivity index (χ4v) is 1.83. The van der Waals surface area contributed by atoms with Crippen LogP contribution in [0.4, 0.5) is 5.82 Å². The summed E-state index contributed by atoms with van der Waals surface area (Å²) >= 11 is 0. The summed E-state index contributed by atoms with van der Waals surface area (Å²) in [5.41, 5.74) is 5.50. The van der Waals surface area contributed by atoms with Gasteiger partial charge >= 0.3 is 0 Å². The maximum atomic E-state index is 11.5. The molecule has 0 spiro atoms. The second kappa shape index (κ2) is 2.87. The van der Waals surface area contributed by atoms with E-state index in [0.717, 1.165) is 25.2 Å². The summed E-state index contributed by atoms with van der Waals surface area (Å²) in [5, 5.41) is 0. The highest BCUT2D eigenvalue weighted by molar-refractivity contribution is 5.27. The third-order valence-electron chi connectivity index (χ3n) is 2.52. The molecule has 4 nitrogen and oxygen atoms in total. The molecule has 1 aromatic heterocycles. The first-order valence-electron chi connectivity index (χ1n) is 4.56. The van der Waals surface area contributed by atoms with Crippen LogP contribution in [0.15, 0.2) is 10.9 Å². The summed E-state index contributed by atoms with van der Waals surface area (Å²) in [6, 6.07) is 1.39. The number of nitrogens with zero attached hydrogens (tertiary/aromatic N) is 2. The summed E-state index contributed by atoms with van der Waals surface area (Å²) in [6.45, 7) is 2.86. The Morgan fingerprint density at radius 3 is 3.23 bits per heavy atom. The highest BCUT2D eigenvalue weighted by Crippen LogP contribution is 2.23. The smallest absolute Gasteiger partial charge is 0.255 e. The Bertz CT molecular complexity index is 383. The molecule has 2 N–H and O–H groups in total. The molecular weight excluding hydrogens is 166 g/mol. The number of aromatic nitrogens is 2. The molecule has 1 aliphatic heterocycles. The van der Waals surface area contributed by atoms with Gasteiger partial charge in [-0.2, -0.15) is 0 Å². The molecule has 13 heavy (non-hydrogen) atoms. The first-order valence-corrected chi connectivity index (χ1v) is 4.56. The Morgan fingerprint density at radius 2 is 2.46 bits per heavy atom. The van der Waals surface area contributed by atoms with Crippen LogP contribution in [-0.2, 0) is 6.54 Å². The first kappa shape index (κ1) is 8.29. The molecule has 1 aromatic rings. The third-order valence-corrected chi connectivity index (χ3v) is 2.52. The Kier molecular flexibility index (Phi) is 1.83. The van der Waals surface area contributed by atoms with Crippen LogP contribution >= 0.6 is 0 Å². The van der Waals surface area contributed by atoms with Gasteiger partial charge in [0, 0.05) is 18.5 Å². The predicted octanol–water partition coefficient (Wildman–Crippen LogP) is 0.723. The van der Waals surface area contributed by atoms with Crippen LogP contribution in [0.3, 0.4) is 0 Å². The molecule has 0 radical (unpaired) electrons. The van der Waals surface area contributed by atoms with Gasteiger partial charge in [-0.3, -0.25) is 9.36 Å². The van der Waals surface area contributed by atoms with Crippen molar-refractivity contribution in [2.24, 2.45) is 0 Å². The molecule has 0 saturated carbocycles. The number of rotatable bonds is 0. The topological polar surface area (TPSA) is 60.9 Å². The molecule has 0 aliphatic carbocycles. The maximum absolute atomic E-state index is 11.5. The zero-order chi connectivity index (χ0) is 9.42. The van der Waals surface area contributed by atoms with Gasteiger partial charge in [-0.1, -0.05) is 6.92 Å². The van der Waals surface area contributed by atoms with Crippen molar-refractivity contribution < 1.29 is 0 Å². The lowest BCUT2D eigenvalue weighted by atomic mass is 10.0. The molecule has 1 aliphatic rings. The minimum Gasteiger partial charge on any atom is -0.383 e. The van der Waals surface area contributed by atoms with E-state index < -0.39 is 0 Å². The number of anilines is 1. The summed E-state index contributed by atoms with van der Waals surface area (Å²) in [5.74, 6) is 1.53. The second-order valence-electron chi connectivity index (χ2n) is 3.57.